The zero-order valence-corrected chi connectivity index (χ0v) is 32.1. The van der Waals surface area contributed by atoms with E-state index in [1.54, 1.807) is 0 Å². The molecular weight excluding hydrogens is 609 g/mol. The van der Waals surface area contributed by atoms with Crippen LogP contribution in [0.25, 0.3) is 0 Å². The van der Waals surface area contributed by atoms with Crippen LogP contribution < -0.4 is 40.3 Å². The summed E-state index contributed by atoms with van der Waals surface area (Å²) in [6.07, 6.45) is 0. The van der Waals surface area contributed by atoms with E-state index < -0.39 is 18.1 Å². The second-order valence-corrected chi connectivity index (χ2v) is 15.8. The van der Waals surface area contributed by atoms with Crippen LogP contribution in [0.2, 0.25) is 0 Å². The average Bonchev–Trinajstić information content (AvgIpc) is 3.12. The molecule has 4 aromatic carbocycles. The molecule has 2 radical (unpaired) electrons. The molecule has 0 aromatic heterocycles. The Morgan fingerprint density at radius 3 is 0.723 bits per heavy atom. The molecule has 250 valence electrons. The van der Waals surface area contributed by atoms with Gasteiger partial charge in [-0.3, -0.25) is 0 Å². The van der Waals surface area contributed by atoms with Crippen molar-refractivity contribution >= 4 is 61.6 Å². The van der Waals surface area contributed by atoms with Crippen LogP contribution in [0.5, 0.6) is 0 Å². The molecule has 0 fully saturated rings. The number of hydrogen-bond donors (Lipinski definition) is 0. The van der Waals surface area contributed by atoms with Gasteiger partial charge in [-0.25, -0.2) is 0 Å². The van der Waals surface area contributed by atoms with Crippen LogP contribution in [0.4, 0.5) is 22.7 Å². The number of nitrogens with zero attached hydrogens (tertiary/aromatic N) is 4. The second-order valence-electron chi connectivity index (χ2n) is 11.5. The van der Waals surface area contributed by atoms with Crippen molar-refractivity contribution in [1.82, 2.24) is 0 Å². The van der Waals surface area contributed by atoms with E-state index in [0.29, 0.717) is 0 Å². The van der Waals surface area contributed by atoms with Gasteiger partial charge in [-0.15, -0.1) is 0 Å². The monoisotopic (exact) mass is 664 g/mol. The van der Waals surface area contributed by atoms with Crippen molar-refractivity contribution in [2.75, 3.05) is 72.0 Å². The number of benzene rings is 4. The van der Waals surface area contributed by atoms with Gasteiger partial charge in [-0.1, -0.05) is 72.8 Å². The Labute approximate surface area is 289 Å². The highest BCUT2D eigenvalue weighted by Crippen LogP contribution is 2.21. The van der Waals surface area contributed by atoms with E-state index in [1.165, 1.54) is 43.5 Å². The maximum atomic E-state index is 8.01. The van der Waals surface area contributed by atoms with Gasteiger partial charge >= 0.3 is 0 Å². The van der Waals surface area contributed by atoms with Gasteiger partial charge in [0, 0.05) is 75.1 Å². The van der Waals surface area contributed by atoms with E-state index in [1.807, 2.05) is 0 Å². The predicted molar refractivity (Wildman–Crippen MR) is 211 cm³/mol. The minimum absolute atomic E-state index is 0.952. The number of anilines is 4. The van der Waals surface area contributed by atoms with Gasteiger partial charge in [0.1, 0.15) is 0 Å². The van der Waals surface area contributed by atoms with Crippen molar-refractivity contribution in [3.05, 3.63) is 97.1 Å². The number of rotatable bonds is 18. The van der Waals surface area contributed by atoms with E-state index in [4.69, 9.17) is 4.12 Å². The summed E-state index contributed by atoms with van der Waals surface area (Å²) in [6, 6.07) is 36.1. The smallest absolute Gasteiger partial charge is 0.276 e. The molecule has 0 spiro atoms. The van der Waals surface area contributed by atoms with Crippen LogP contribution in [0.1, 0.15) is 55.4 Å². The molecule has 0 aliphatic heterocycles. The quantitative estimate of drug-likeness (QED) is 0.122. The zero-order chi connectivity index (χ0) is 33.8. The van der Waals surface area contributed by atoms with Gasteiger partial charge in [0.05, 0.1) is 0 Å². The molecule has 0 saturated heterocycles. The first-order valence-electron chi connectivity index (χ1n) is 17.8. The van der Waals surface area contributed by atoms with Crippen LogP contribution in [-0.4, -0.2) is 70.4 Å². The van der Waals surface area contributed by atoms with E-state index in [-0.39, 0.29) is 0 Å². The molecule has 0 aliphatic rings. The van der Waals surface area contributed by atoms with Crippen molar-refractivity contribution in [1.29, 1.82) is 0 Å². The highest BCUT2D eigenvalue weighted by Gasteiger charge is 2.35. The molecule has 47 heavy (non-hydrogen) atoms. The molecule has 4 rings (SSSR count). The lowest BCUT2D eigenvalue weighted by atomic mass is 10.2. The third-order valence-electron chi connectivity index (χ3n) is 9.22. The summed E-state index contributed by atoms with van der Waals surface area (Å²) < 4.78 is 8.01. The zero-order valence-electron chi connectivity index (χ0n) is 30.1. The van der Waals surface area contributed by atoms with Gasteiger partial charge in [0.25, 0.3) is 18.1 Å². The first-order valence-corrected chi connectivity index (χ1v) is 20.6. The highest BCUT2D eigenvalue weighted by atomic mass is 28.4. The summed E-state index contributed by atoms with van der Waals surface area (Å²) in [5.41, 5.74) is 5.15. The van der Waals surface area contributed by atoms with Crippen molar-refractivity contribution in [3.63, 3.8) is 0 Å². The lowest BCUT2D eigenvalue weighted by molar-refractivity contribution is 0.632. The average molecular weight is 665 g/mol. The maximum absolute atomic E-state index is 8.01. The van der Waals surface area contributed by atoms with Crippen LogP contribution in [0, 0.1) is 0 Å². The Bertz CT molecular complexity index is 1290. The molecule has 0 saturated carbocycles. The first-order chi connectivity index (χ1) is 23.0. The molecule has 4 aromatic rings. The fraction of sp³-hybridized carbons (Fsp3) is 0.400. The number of para-hydroxylation sites is 4. The van der Waals surface area contributed by atoms with Crippen LogP contribution in [-0.2, 0) is 4.12 Å². The highest BCUT2D eigenvalue weighted by molar-refractivity contribution is 6.93. The first kappa shape index (κ1) is 36.3. The Morgan fingerprint density at radius 2 is 0.532 bits per heavy atom. The molecule has 0 atom stereocenters. The molecular formula is C40H56N4OSi2. The maximum Gasteiger partial charge on any atom is 0.276 e. The van der Waals surface area contributed by atoms with E-state index in [0.717, 1.165) is 52.4 Å². The van der Waals surface area contributed by atoms with Gasteiger partial charge in [-0.2, -0.15) is 0 Å². The normalized spacial score (nSPS) is 11.3. The molecule has 0 unspecified atom stereocenters. The van der Waals surface area contributed by atoms with Crippen molar-refractivity contribution in [2.24, 2.45) is 0 Å². The standard InChI is InChI=1S/C40H56N4OSi2/c1-9-41(10-2)33-25-17-21-29-37(33)46(38-30-22-18-26-34(38)42(11-3)12-4)45-47(39-31-23-19-27-35(39)43(13-5)14-6)40-32-24-20-28-36(40)44(15-7)16-8/h17-32H,9-16H2,1-8H3. The molecule has 0 aliphatic carbocycles. The summed E-state index contributed by atoms with van der Waals surface area (Å²) >= 11 is 0. The van der Waals surface area contributed by atoms with Crippen molar-refractivity contribution in [3.8, 4) is 0 Å². The summed E-state index contributed by atoms with van der Waals surface area (Å²) in [5, 5.41) is 5.29. The second kappa shape index (κ2) is 18.1. The fourth-order valence-corrected chi connectivity index (χ4v) is 12.7. The third-order valence-corrected chi connectivity index (χ3v) is 14.5. The molecule has 0 amide bonds. The van der Waals surface area contributed by atoms with Gasteiger partial charge in [-0.05, 0) is 100 Å². The summed E-state index contributed by atoms with van der Waals surface area (Å²) in [4.78, 5) is 9.96. The van der Waals surface area contributed by atoms with Crippen LogP contribution in [0.15, 0.2) is 97.1 Å². The largest absolute Gasteiger partial charge is 0.442 e. The minimum atomic E-state index is -1.77. The lowest BCUT2D eigenvalue weighted by Gasteiger charge is -2.34. The molecule has 0 N–H and O–H groups in total. The third kappa shape index (κ3) is 8.14. The van der Waals surface area contributed by atoms with Crippen LogP contribution >= 0.6 is 0 Å². The van der Waals surface area contributed by atoms with Gasteiger partial charge in [0.2, 0.25) is 0 Å². The Hall–Kier alpha value is -3.53. The van der Waals surface area contributed by atoms with E-state index in [9.17, 15) is 0 Å². The fourth-order valence-electron chi connectivity index (χ4n) is 6.63. The molecule has 0 heterocycles. The SMILES string of the molecule is CCN(CC)c1ccccc1[Si](O[Si](c1ccccc1N(CC)CC)c1ccccc1N(CC)CC)c1ccccc1N(CC)CC. The minimum Gasteiger partial charge on any atom is -0.442 e. The van der Waals surface area contributed by atoms with Crippen molar-refractivity contribution < 1.29 is 4.12 Å². The Balaban J connectivity index is 2.07. The Morgan fingerprint density at radius 1 is 0.340 bits per heavy atom. The Kier molecular flexibility index (Phi) is 14.0. The van der Waals surface area contributed by atoms with Crippen molar-refractivity contribution in [2.45, 2.75) is 55.4 Å². The van der Waals surface area contributed by atoms with Crippen LogP contribution in [0.3, 0.4) is 0 Å². The van der Waals surface area contributed by atoms with Gasteiger partial charge in [0.15, 0.2) is 0 Å². The predicted octanol–water partition coefficient (Wildman–Crippen LogP) is 6.00. The van der Waals surface area contributed by atoms with Gasteiger partial charge < -0.3 is 23.7 Å². The number of hydrogen-bond acceptors (Lipinski definition) is 5. The molecule has 0 bridgehead atoms. The topological polar surface area (TPSA) is 22.2 Å². The summed E-state index contributed by atoms with van der Waals surface area (Å²) in [7, 11) is -3.53. The van der Waals surface area contributed by atoms with E-state index >= 15 is 0 Å². The molecule has 5 nitrogen and oxygen atoms in total. The van der Waals surface area contributed by atoms with E-state index in [2.05, 4.69) is 172 Å². The lowest BCUT2D eigenvalue weighted by Crippen LogP contribution is -2.59. The molecule has 7 heteroatoms. The summed E-state index contributed by atoms with van der Waals surface area (Å²) in [6.45, 7) is 25.7. The summed E-state index contributed by atoms with van der Waals surface area (Å²) in [5.74, 6) is 0.